The summed E-state index contributed by atoms with van der Waals surface area (Å²) < 4.78 is 0. The van der Waals surface area contributed by atoms with Crippen LogP contribution in [-0.2, 0) is 0 Å². The molecule has 1 aromatic carbocycles. The second-order valence-corrected chi connectivity index (χ2v) is 6.43. The highest BCUT2D eigenvalue weighted by Crippen LogP contribution is 2.31. The third kappa shape index (κ3) is 2.89. The van der Waals surface area contributed by atoms with E-state index in [1.807, 2.05) is 54.5 Å². The second kappa shape index (κ2) is 5.92. The maximum Gasteiger partial charge on any atom is 0.187 e. The summed E-state index contributed by atoms with van der Waals surface area (Å²) in [5, 5.41) is 14.2. The molecule has 3 rings (SSSR count). The molecular weight excluding hydrogens is 298 g/mol. The third-order valence-electron chi connectivity index (χ3n) is 3.44. The van der Waals surface area contributed by atoms with E-state index in [-0.39, 0.29) is 11.3 Å². The zero-order valence-electron chi connectivity index (χ0n) is 12.8. The number of nitrogens with one attached hydrogen (secondary N) is 2. The van der Waals surface area contributed by atoms with Gasteiger partial charge < -0.3 is 15.5 Å². The normalized spacial score (nSPS) is 19.2. The van der Waals surface area contributed by atoms with Gasteiger partial charge in [0.15, 0.2) is 16.4 Å². The van der Waals surface area contributed by atoms with E-state index in [1.165, 1.54) is 0 Å². The third-order valence-corrected chi connectivity index (χ3v) is 4.66. The second-order valence-electron chi connectivity index (χ2n) is 5.38. The summed E-state index contributed by atoms with van der Waals surface area (Å²) >= 11 is 1.69. The Hall–Kier alpha value is -2.15. The molecule has 0 aromatic heterocycles. The predicted octanol–water partition coefficient (Wildman–Crippen LogP) is 1.91. The number of anilines is 1. The molecule has 6 nitrogen and oxygen atoms in total. The van der Waals surface area contributed by atoms with Crippen molar-refractivity contribution < 1.29 is 4.79 Å². The Morgan fingerprint density at radius 1 is 1.50 bits per heavy atom. The lowest BCUT2D eigenvalue weighted by molar-refractivity contribution is 0.101. The number of thioether (sulfide) groups is 1. The van der Waals surface area contributed by atoms with Crippen molar-refractivity contribution in [1.29, 1.82) is 0 Å². The molecule has 7 heteroatoms. The van der Waals surface area contributed by atoms with Crippen LogP contribution in [0.15, 0.2) is 41.3 Å². The molecule has 2 aliphatic rings. The van der Waals surface area contributed by atoms with Gasteiger partial charge in [-0.2, -0.15) is 0 Å². The molecule has 0 fully saturated rings. The molecule has 2 N–H and O–H groups in total. The summed E-state index contributed by atoms with van der Waals surface area (Å²) in [5.74, 6) is 0.0710. The fraction of sp³-hybridized carbons (Fsp3) is 0.333. The molecule has 0 saturated carbocycles. The number of Topliss-reactive ketones (excluding diaryl/α,β-unsaturated/α-hetero) is 1. The van der Waals surface area contributed by atoms with E-state index in [2.05, 4.69) is 15.7 Å². The number of rotatable bonds is 4. The van der Waals surface area contributed by atoms with Gasteiger partial charge in [-0.25, -0.2) is 5.01 Å². The van der Waals surface area contributed by atoms with Crippen molar-refractivity contribution in [2.45, 2.75) is 12.4 Å². The van der Waals surface area contributed by atoms with Crippen LogP contribution in [0.25, 0.3) is 0 Å². The first-order valence-corrected chi connectivity index (χ1v) is 7.94. The van der Waals surface area contributed by atoms with Crippen LogP contribution in [0, 0.1) is 0 Å². The van der Waals surface area contributed by atoms with Crippen LogP contribution >= 0.6 is 11.8 Å². The molecular formula is C15H19N5OS. The van der Waals surface area contributed by atoms with Gasteiger partial charge in [-0.3, -0.25) is 4.79 Å². The molecule has 1 aromatic rings. The number of carbonyl (C=O) groups is 1. The van der Waals surface area contributed by atoms with Crippen molar-refractivity contribution >= 4 is 28.4 Å². The van der Waals surface area contributed by atoms with Crippen LogP contribution in [0.1, 0.15) is 17.3 Å². The molecule has 1 atom stereocenters. The first-order valence-electron chi connectivity index (χ1n) is 7.06. The van der Waals surface area contributed by atoms with Crippen LogP contribution in [-0.4, -0.2) is 47.0 Å². The van der Waals surface area contributed by atoms with Gasteiger partial charge in [-0.1, -0.05) is 12.1 Å². The van der Waals surface area contributed by atoms with Crippen LogP contribution in [0.2, 0.25) is 0 Å². The zero-order chi connectivity index (χ0) is 15.7. The average molecular weight is 317 g/mol. The standard InChI is InChI=1S/C15H19N5OS/c1-10(21)11-5-4-6-12(7-11)16-8-13-9-17-14-20(13)18-15(22-14)19(2)3/h4-7,9,14,16-17H,8H2,1-3H3. The van der Waals surface area contributed by atoms with Gasteiger partial charge >= 0.3 is 0 Å². The van der Waals surface area contributed by atoms with Gasteiger partial charge in [0.05, 0.1) is 12.2 Å². The monoisotopic (exact) mass is 317 g/mol. The molecule has 0 bridgehead atoms. The quantitative estimate of drug-likeness (QED) is 0.827. The molecule has 116 valence electrons. The summed E-state index contributed by atoms with van der Waals surface area (Å²) in [5.41, 5.74) is 2.85. The Morgan fingerprint density at radius 2 is 2.32 bits per heavy atom. The van der Waals surface area contributed by atoms with Gasteiger partial charge in [0.25, 0.3) is 0 Å². The summed E-state index contributed by atoms with van der Waals surface area (Å²) in [6.07, 6.45) is 1.98. The van der Waals surface area contributed by atoms with E-state index in [0.717, 1.165) is 16.6 Å². The highest BCUT2D eigenvalue weighted by atomic mass is 32.2. The Bertz CT molecular complexity index is 655. The number of carbonyl (C=O) groups excluding carboxylic acids is 1. The number of hydrogen-bond acceptors (Lipinski definition) is 7. The number of hydrogen-bond donors (Lipinski definition) is 2. The van der Waals surface area contributed by atoms with Gasteiger partial charge in [0.2, 0.25) is 0 Å². The lowest BCUT2D eigenvalue weighted by atomic mass is 10.1. The Morgan fingerprint density at radius 3 is 3.05 bits per heavy atom. The largest absolute Gasteiger partial charge is 0.379 e. The summed E-state index contributed by atoms with van der Waals surface area (Å²) in [6, 6.07) is 7.54. The molecule has 0 spiro atoms. The van der Waals surface area contributed by atoms with Gasteiger partial charge in [-0.15, -0.1) is 5.10 Å². The fourth-order valence-electron chi connectivity index (χ4n) is 2.24. The SMILES string of the molecule is CC(=O)c1cccc(NCC2=CNC3SC(N(C)C)=NN23)c1. The topological polar surface area (TPSA) is 60.0 Å². The van der Waals surface area contributed by atoms with Crippen molar-refractivity contribution in [3.63, 3.8) is 0 Å². The Balaban J connectivity index is 1.65. The predicted molar refractivity (Wildman–Crippen MR) is 90.5 cm³/mol. The molecule has 22 heavy (non-hydrogen) atoms. The van der Waals surface area contributed by atoms with E-state index in [4.69, 9.17) is 0 Å². The van der Waals surface area contributed by atoms with Crippen molar-refractivity contribution in [2.24, 2.45) is 5.10 Å². The van der Waals surface area contributed by atoms with E-state index in [9.17, 15) is 4.79 Å². The van der Waals surface area contributed by atoms with E-state index < -0.39 is 0 Å². The van der Waals surface area contributed by atoms with Crippen molar-refractivity contribution in [2.75, 3.05) is 26.0 Å². The summed E-state index contributed by atoms with van der Waals surface area (Å²) in [7, 11) is 3.98. The highest BCUT2D eigenvalue weighted by molar-refractivity contribution is 8.14. The molecule has 0 amide bonds. The molecule has 0 aliphatic carbocycles. The van der Waals surface area contributed by atoms with Gasteiger partial charge in [0.1, 0.15) is 0 Å². The highest BCUT2D eigenvalue weighted by Gasteiger charge is 2.34. The lowest BCUT2D eigenvalue weighted by Crippen LogP contribution is -2.28. The summed E-state index contributed by atoms with van der Waals surface area (Å²) in [6.45, 7) is 2.22. The maximum absolute atomic E-state index is 11.4. The van der Waals surface area contributed by atoms with Crippen molar-refractivity contribution in [3.05, 3.63) is 41.7 Å². The molecule has 0 radical (unpaired) electrons. The minimum Gasteiger partial charge on any atom is -0.379 e. The molecule has 2 aliphatic heterocycles. The number of hydrazone groups is 1. The first kappa shape index (κ1) is 14.8. The number of nitrogens with zero attached hydrogens (tertiary/aromatic N) is 3. The fourth-order valence-corrected chi connectivity index (χ4v) is 3.20. The zero-order valence-corrected chi connectivity index (χ0v) is 13.6. The lowest BCUT2D eigenvalue weighted by Gasteiger charge is -2.17. The molecule has 1 unspecified atom stereocenters. The molecule has 0 saturated heterocycles. The van der Waals surface area contributed by atoms with Crippen LogP contribution in [0.4, 0.5) is 5.69 Å². The smallest absolute Gasteiger partial charge is 0.187 e. The minimum absolute atomic E-state index is 0.0710. The first-order chi connectivity index (χ1) is 10.5. The minimum atomic E-state index is 0.0710. The number of ketones is 1. The number of fused-ring (bicyclic) bond motifs is 1. The van der Waals surface area contributed by atoms with Gasteiger partial charge in [0, 0.05) is 31.5 Å². The van der Waals surface area contributed by atoms with Crippen LogP contribution in [0.5, 0.6) is 0 Å². The maximum atomic E-state index is 11.4. The number of amidine groups is 1. The van der Waals surface area contributed by atoms with E-state index >= 15 is 0 Å². The molecule has 2 heterocycles. The number of benzene rings is 1. The van der Waals surface area contributed by atoms with Crippen LogP contribution < -0.4 is 10.6 Å². The van der Waals surface area contributed by atoms with E-state index in [0.29, 0.717) is 12.1 Å². The van der Waals surface area contributed by atoms with Crippen LogP contribution in [0.3, 0.4) is 0 Å². The van der Waals surface area contributed by atoms with Crippen molar-refractivity contribution in [1.82, 2.24) is 15.2 Å². The Kier molecular flexibility index (Phi) is 3.98. The summed E-state index contributed by atoms with van der Waals surface area (Å²) in [4.78, 5) is 13.4. The van der Waals surface area contributed by atoms with Crippen molar-refractivity contribution in [3.8, 4) is 0 Å². The van der Waals surface area contributed by atoms with Gasteiger partial charge in [-0.05, 0) is 30.8 Å². The Labute approximate surface area is 134 Å². The average Bonchev–Trinajstić information content (AvgIpc) is 3.06. The van der Waals surface area contributed by atoms with E-state index in [1.54, 1.807) is 18.7 Å².